The van der Waals surface area contributed by atoms with Crippen molar-refractivity contribution in [1.82, 2.24) is 15.0 Å². The molecular formula is C15H16N4O. The fourth-order valence-electron chi connectivity index (χ4n) is 2.22. The first-order valence-corrected chi connectivity index (χ1v) is 6.67. The minimum Gasteiger partial charge on any atom is -0.372 e. The molecule has 0 spiro atoms. The second kappa shape index (κ2) is 5.61. The average Bonchev–Trinajstić information content (AvgIpc) is 2.97. The molecule has 0 aliphatic rings. The molecule has 2 heterocycles. The van der Waals surface area contributed by atoms with Crippen molar-refractivity contribution in [2.45, 2.75) is 12.8 Å². The maximum absolute atomic E-state index is 11.9. The van der Waals surface area contributed by atoms with E-state index in [1.165, 1.54) is 0 Å². The average molecular weight is 268 g/mol. The lowest BCUT2D eigenvalue weighted by molar-refractivity contribution is 0.814. The number of aromatic amines is 2. The van der Waals surface area contributed by atoms with Gasteiger partial charge in [0, 0.05) is 30.7 Å². The molecule has 0 saturated carbocycles. The predicted octanol–water partition coefficient (Wildman–Crippen LogP) is 2.30. The lowest BCUT2D eigenvalue weighted by atomic mass is 10.2. The second-order valence-electron chi connectivity index (χ2n) is 4.67. The molecule has 5 nitrogen and oxygen atoms in total. The number of aryl methyl sites for hydroxylation is 1. The molecule has 0 aliphatic carbocycles. The van der Waals surface area contributed by atoms with Crippen LogP contribution in [-0.2, 0) is 6.42 Å². The molecule has 0 aliphatic heterocycles. The van der Waals surface area contributed by atoms with Gasteiger partial charge in [-0.15, -0.1) is 0 Å². The maximum atomic E-state index is 11.9. The van der Waals surface area contributed by atoms with E-state index in [0.717, 1.165) is 36.4 Å². The standard InChI is InChI=1S/C15H16N4O/c20-15-12-5-2-1-4-11(12)10-14(19-15)16-7-3-6-13-17-8-9-18-13/h1-2,4-5,8-10H,3,6-7H2,(H,17,18)(H2,16,19,20). The smallest absolute Gasteiger partial charge is 0.257 e. The molecule has 3 N–H and O–H groups in total. The van der Waals surface area contributed by atoms with Crippen molar-refractivity contribution in [3.63, 3.8) is 0 Å². The van der Waals surface area contributed by atoms with E-state index in [1.807, 2.05) is 36.5 Å². The fourth-order valence-corrected chi connectivity index (χ4v) is 2.22. The zero-order valence-electron chi connectivity index (χ0n) is 11.0. The topological polar surface area (TPSA) is 73.6 Å². The highest BCUT2D eigenvalue weighted by Crippen LogP contribution is 2.12. The molecule has 5 heteroatoms. The molecule has 0 saturated heterocycles. The molecular weight excluding hydrogens is 252 g/mol. The van der Waals surface area contributed by atoms with Crippen LogP contribution in [0.3, 0.4) is 0 Å². The van der Waals surface area contributed by atoms with Gasteiger partial charge in [-0.05, 0) is 23.9 Å². The van der Waals surface area contributed by atoms with Crippen molar-refractivity contribution < 1.29 is 0 Å². The number of rotatable bonds is 5. The zero-order chi connectivity index (χ0) is 13.8. The van der Waals surface area contributed by atoms with Gasteiger partial charge in [-0.1, -0.05) is 18.2 Å². The fraction of sp³-hybridized carbons (Fsp3) is 0.200. The van der Waals surface area contributed by atoms with Gasteiger partial charge in [-0.2, -0.15) is 0 Å². The van der Waals surface area contributed by atoms with E-state index in [2.05, 4.69) is 20.3 Å². The summed E-state index contributed by atoms with van der Waals surface area (Å²) in [4.78, 5) is 22.0. The molecule has 102 valence electrons. The molecule has 20 heavy (non-hydrogen) atoms. The number of nitrogens with zero attached hydrogens (tertiary/aromatic N) is 1. The number of pyridine rings is 1. The van der Waals surface area contributed by atoms with Gasteiger partial charge in [0.2, 0.25) is 0 Å². The van der Waals surface area contributed by atoms with E-state index in [9.17, 15) is 4.79 Å². The summed E-state index contributed by atoms with van der Waals surface area (Å²) >= 11 is 0. The van der Waals surface area contributed by atoms with Crippen LogP contribution in [0.4, 0.5) is 5.82 Å². The summed E-state index contributed by atoms with van der Waals surface area (Å²) in [6.07, 6.45) is 5.41. The Balaban J connectivity index is 1.64. The molecule has 0 radical (unpaired) electrons. The molecule has 0 bridgehead atoms. The Kier molecular flexibility index (Phi) is 3.50. The predicted molar refractivity (Wildman–Crippen MR) is 80.0 cm³/mol. The van der Waals surface area contributed by atoms with Gasteiger partial charge in [0.25, 0.3) is 5.56 Å². The second-order valence-corrected chi connectivity index (χ2v) is 4.67. The number of imidazole rings is 1. The monoisotopic (exact) mass is 268 g/mol. The Morgan fingerprint density at radius 2 is 2.15 bits per heavy atom. The summed E-state index contributed by atoms with van der Waals surface area (Å²) in [5, 5.41) is 4.91. The Morgan fingerprint density at radius 3 is 3.00 bits per heavy atom. The highest BCUT2D eigenvalue weighted by atomic mass is 16.1. The Bertz CT molecular complexity index is 746. The highest BCUT2D eigenvalue weighted by molar-refractivity contribution is 5.83. The number of anilines is 1. The van der Waals surface area contributed by atoms with Crippen LogP contribution in [0.15, 0.2) is 47.5 Å². The Morgan fingerprint density at radius 1 is 1.25 bits per heavy atom. The number of fused-ring (bicyclic) bond motifs is 1. The molecule has 0 atom stereocenters. The Hall–Kier alpha value is -2.56. The van der Waals surface area contributed by atoms with Crippen molar-refractivity contribution in [2.24, 2.45) is 0 Å². The van der Waals surface area contributed by atoms with Crippen molar-refractivity contribution in [3.05, 3.63) is 58.9 Å². The van der Waals surface area contributed by atoms with Gasteiger partial charge >= 0.3 is 0 Å². The van der Waals surface area contributed by atoms with Gasteiger partial charge in [0.1, 0.15) is 11.6 Å². The van der Waals surface area contributed by atoms with Crippen LogP contribution in [0, 0.1) is 0 Å². The molecule has 3 rings (SSSR count). The van der Waals surface area contributed by atoms with Crippen LogP contribution >= 0.6 is 0 Å². The van der Waals surface area contributed by atoms with Crippen LogP contribution < -0.4 is 10.9 Å². The number of aromatic nitrogens is 3. The summed E-state index contributed by atoms with van der Waals surface area (Å²) in [7, 11) is 0. The van der Waals surface area contributed by atoms with Gasteiger partial charge in [0.15, 0.2) is 0 Å². The van der Waals surface area contributed by atoms with Gasteiger partial charge in [-0.25, -0.2) is 4.98 Å². The minimum absolute atomic E-state index is 0.0587. The van der Waals surface area contributed by atoms with Crippen LogP contribution in [-0.4, -0.2) is 21.5 Å². The summed E-state index contributed by atoms with van der Waals surface area (Å²) < 4.78 is 0. The minimum atomic E-state index is -0.0587. The number of hydrogen-bond donors (Lipinski definition) is 3. The number of nitrogens with one attached hydrogen (secondary N) is 3. The van der Waals surface area contributed by atoms with E-state index in [0.29, 0.717) is 5.39 Å². The van der Waals surface area contributed by atoms with Crippen molar-refractivity contribution in [2.75, 3.05) is 11.9 Å². The number of hydrogen-bond acceptors (Lipinski definition) is 3. The summed E-state index contributed by atoms with van der Waals surface area (Å²) in [6.45, 7) is 0.787. The zero-order valence-corrected chi connectivity index (χ0v) is 11.0. The first kappa shape index (κ1) is 12.5. The third-order valence-corrected chi connectivity index (χ3v) is 3.21. The van der Waals surface area contributed by atoms with Crippen molar-refractivity contribution >= 4 is 16.6 Å². The van der Waals surface area contributed by atoms with E-state index in [4.69, 9.17) is 0 Å². The molecule has 0 amide bonds. The van der Waals surface area contributed by atoms with Crippen molar-refractivity contribution in [1.29, 1.82) is 0 Å². The quantitative estimate of drug-likeness (QED) is 0.622. The highest BCUT2D eigenvalue weighted by Gasteiger charge is 2.01. The number of benzene rings is 1. The largest absolute Gasteiger partial charge is 0.372 e. The number of H-pyrrole nitrogens is 2. The van der Waals surface area contributed by atoms with E-state index >= 15 is 0 Å². The lowest BCUT2D eigenvalue weighted by Crippen LogP contribution is -2.12. The Labute approximate surface area is 116 Å². The van der Waals surface area contributed by atoms with Crippen LogP contribution in [0.1, 0.15) is 12.2 Å². The third kappa shape index (κ3) is 2.71. The third-order valence-electron chi connectivity index (χ3n) is 3.21. The molecule has 2 aromatic heterocycles. The van der Waals surface area contributed by atoms with Gasteiger partial charge in [0.05, 0.1) is 0 Å². The van der Waals surface area contributed by atoms with E-state index in [1.54, 1.807) is 6.20 Å². The van der Waals surface area contributed by atoms with Gasteiger partial charge < -0.3 is 15.3 Å². The normalized spacial score (nSPS) is 10.8. The van der Waals surface area contributed by atoms with Gasteiger partial charge in [-0.3, -0.25) is 4.79 Å². The molecule has 1 aromatic carbocycles. The molecule has 0 fully saturated rings. The van der Waals surface area contributed by atoms with E-state index in [-0.39, 0.29) is 5.56 Å². The molecule has 3 aromatic rings. The first-order valence-electron chi connectivity index (χ1n) is 6.67. The molecule has 0 unspecified atom stereocenters. The van der Waals surface area contributed by atoms with Crippen LogP contribution in [0.5, 0.6) is 0 Å². The van der Waals surface area contributed by atoms with Crippen molar-refractivity contribution in [3.8, 4) is 0 Å². The van der Waals surface area contributed by atoms with Crippen LogP contribution in [0.2, 0.25) is 0 Å². The van der Waals surface area contributed by atoms with E-state index < -0.39 is 0 Å². The summed E-state index contributed by atoms with van der Waals surface area (Å²) in [5.74, 6) is 1.74. The first-order chi connectivity index (χ1) is 9.83. The lowest BCUT2D eigenvalue weighted by Gasteiger charge is -2.06. The summed E-state index contributed by atoms with van der Waals surface area (Å²) in [5.41, 5.74) is -0.0587. The maximum Gasteiger partial charge on any atom is 0.257 e. The SMILES string of the molecule is O=c1[nH]c(NCCCc2ncc[nH]2)cc2ccccc12. The van der Waals surface area contributed by atoms with Crippen LogP contribution in [0.25, 0.3) is 10.8 Å². The summed E-state index contributed by atoms with van der Waals surface area (Å²) in [6, 6.07) is 9.54.